The lowest BCUT2D eigenvalue weighted by molar-refractivity contribution is 0.159. The third-order valence-electron chi connectivity index (χ3n) is 4.18. The summed E-state index contributed by atoms with van der Waals surface area (Å²) in [6, 6.07) is 12.2. The van der Waals surface area contributed by atoms with E-state index >= 15 is 0 Å². The van der Waals surface area contributed by atoms with E-state index in [0.717, 1.165) is 55.5 Å². The van der Waals surface area contributed by atoms with Crippen molar-refractivity contribution in [3.05, 3.63) is 42.1 Å². The summed E-state index contributed by atoms with van der Waals surface area (Å²) in [7, 11) is 0. The Labute approximate surface area is 125 Å². The Balaban J connectivity index is 1.62. The van der Waals surface area contributed by atoms with Crippen LogP contribution in [0.3, 0.4) is 0 Å². The third-order valence-corrected chi connectivity index (χ3v) is 4.18. The Bertz CT molecular complexity index is 550. The number of nitrogens with zero attached hydrogens (tertiary/aromatic N) is 2. The molecule has 1 aromatic carbocycles. The van der Waals surface area contributed by atoms with E-state index in [1.807, 2.05) is 30.3 Å². The summed E-state index contributed by atoms with van der Waals surface area (Å²) < 4.78 is 5.47. The highest BCUT2D eigenvalue weighted by Gasteiger charge is 2.20. The highest BCUT2D eigenvalue weighted by molar-refractivity contribution is 5.56. The van der Waals surface area contributed by atoms with Crippen molar-refractivity contribution in [1.82, 2.24) is 10.1 Å². The van der Waals surface area contributed by atoms with E-state index in [9.17, 15) is 0 Å². The zero-order chi connectivity index (χ0) is 14.5. The molecule has 1 unspecified atom stereocenters. The molecule has 0 aliphatic carbocycles. The van der Waals surface area contributed by atoms with Crippen molar-refractivity contribution in [2.24, 2.45) is 11.7 Å². The van der Waals surface area contributed by atoms with Crippen LogP contribution in [0.1, 0.15) is 25.0 Å². The zero-order valence-corrected chi connectivity index (χ0v) is 12.4. The Morgan fingerprint density at radius 1 is 1.29 bits per heavy atom. The van der Waals surface area contributed by atoms with Gasteiger partial charge in [-0.15, -0.1) is 0 Å². The number of nitrogens with two attached hydrogens (primary N) is 1. The Kier molecular flexibility index (Phi) is 4.68. The fourth-order valence-electron chi connectivity index (χ4n) is 3.12. The second-order valence-electron chi connectivity index (χ2n) is 5.87. The molecule has 2 aromatic rings. The van der Waals surface area contributed by atoms with Crippen LogP contribution in [0.15, 0.2) is 40.9 Å². The smallest absolute Gasteiger partial charge is 0.167 e. The fourth-order valence-corrected chi connectivity index (χ4v) is 3.12. The van der Waals surface area contributed by atoms with Crippen molar-refractivity contribution >= 4 is 0 Å². The van der Waals surface area contributed by atoms with Crippen LogP contribution >= 0.6 is 0 Å². The van der Waals surface area contributed by atoms with Crippen LogP contribution in [0.5, 0.6) is 0 Å². The van der Waals surface area contributed by atoms with Gasteiger partial charge in [0.15, 0.2) is 5.76 Å². The van der Waals surface area contributed by atoms with E-state index < -0.39 is 0 Å². The van der Waals surface area contributed by atoms with Crippen LogP contribution in [0.25, 0.3) is 11.3 Å². The first-order chi connectivity index (χ1) is 10.3. The van der Waals surface area contributed by atoms with Crippen LogP contribution in [-0.2, 0) is 6.54 Å². The summed E-state index contributed by atoms with van der Waals surface area (Å²) in [5.74, 6) is 1.59. The summed E-state index contributed by atoms with van der Waals surface area (Å²) in [6.07, 6.45) is 3.69. The Morgan fingerprint density at radius 3 is 2.95 bits per heavy atom. The molecule has 0 radical (unpaired) electrons. The molecule has 1 atom stereocenters. The molecule has 2 N–H and O–H groups in total. The second kappa shape index (κ2) is 6.87. The molecule has 0 spiro atoms. The number of likely N-dealkylation sites (tertiary alicyclic amines) is 1. The molecule has 1 fully saturated rings. The van der Waals surface area contributed by atoms with Gasteiger partial charge >= 0.3 is 0 Å². The second-order valence-corrected chi connectivity index (χ2v) is 5.87. The molecule has 0 bridgehead atoms. The molecule has 1 aliphatic heterocycles. The van der Waals surface area contributed by atoms with Crippen LogP contribution in [-0.4, -0.2) is 29.7 Å². The van der Waals surface area contributed by atoms with E-state index in [-0.39, 0.29) is 0 Å². The van der Waals surface area contributed by atoms with Crippen LogP contribution < -0.4 is 5.73 Å². The number of benzene rings is 1. The zero-order valence-electron chi connectivity index (χ0n) is 12.4. The molecule has 0 saturated carbocycles. The first-order valence-corrected chi connectivity index (χ1v) is 7.78. The van der Waals surface area contributed by atoms with Crippen molar-refractivity contribution < 1.29 is 4.52 Å². The van der Waals surface area contributed by atoms with E-state index in [0.29, 0.717) is 0 Å². The van der Waals surface area contributed by atoms with E-state index in [4.69, 9.17) is 10.3 Å². The maximum Gasteiger partial charge on any atom is 0.167 e. The molecular weight excluding hydrogens is 262 g/mol. The van der Waals surface area contributed by atoms with Gasteiger partial charge in [0.2, 0.25) is 0 Å². The molecule has 3 rings (SSSR count). The minimum Gasteiger partial charge on any atom is -0.356 e. The normalized spacial score (nSPS) is 19.8. The Morgan fingerprint density at radius 2 is 2.14 bits per heavy atom. The van der Waals surface area contributed by atoms with Gasteiger partial charge in [0.05, 0.1) is 5.69 Å². The van der Waals surface area contributed by atoms with Crippen molar-refractivity contribution in [3.63, 3.8) is 0 Å². The molecule has 1 aliphatic rings. The van der Waals surface area contributed by atoms with E-state index in [1.54, 1.807) is 0 Å². The lowest BCUT2D eigenvalue weighted by Crippen LogP contribution is -2.35. The van der Waals surface area contributed by atoms with Gasteiger partial charge in [0.1, 0.15) is 0 Å². The molecule has 21 heavy (non-hydrogen) atoms. The molecule has 112 valence electrons. The predicted molar refractivity (Wildman–Crippen MR) is 83.6 cm³/mol. The molecule has 1 saturated heterocycles. The SMILES string of the molecule is NCCC1CCCN(Cc2cc(-c3ccccc3)on2)C1. The summed E-state index contributed by atoms with van der Waals surface area (Å²) in [6.45, 7) is 3.94. The molecule has 2 heterocycles. The minimum absolute atomic E-state index is 0.740. The van der Waals surface area contributed by atoms with Gasteiger partial charge in [-0.05, 0) is 38.3 Å². The lowest BCUT2D eigenvalue weighted by atomic mass is 9.95. The minimum atomic E-state index is 0.740. The average molecular weight is 285 g/mol. The highest BCUT2D eigenvalue weighted by Crippen LogP contribution is 2.23. The summed E-state index contributed by atoms with van der Waals surface area (Å²) >= 11 is 0. The number of hydrogen-bond acceptors (Lipinski definition) is 4. The highest BCUT2D eigenvalue weighted by atomic mass is 16.5. The number of aromatic nitrogens is 1. The standard InChI is InChI=1S/C17H23N3O/c18-9-8-14-5-4-10-20(12-14)13-16-11-17(21-19-16)15-6-2-1-3-7-15/h1-3,6-7,11,14H,4-5,8-10,12-13,18H2. The van der Waals surface area contributed by atoms with Gasteiger partial charge < -0.3 is 10.3 Å². The first-order valence-electron chi connectivity index (χ1n) is 7.78. The average Bonchev–Trinajstić information content (AvgIpc) is 2.97. The first kappa shape index (κ1) is 14.3. The van der Waals surface area contributed by atoms with Crippen LogP contribution in [0.4, 0.5) is 0 Å². The monoisotopic (exact) mass is 285 g/mol. The molecule has 0 amide bonds. The summed E-state index contributed by atoms with van der Waals surface area (Å²) in [5.41, 5.74) is 7.77. The van der Waals surface area contributed by atoms with Gasteiger partial charge in [0, 0.05) is 24.7 Å². The third kappa shape index (κ3) is 3.71. The maximum absolute atomic E-state index is 5.68. The largest absolute Gasteiger partial charge is 0.356 e. The predicted octanol–water partition coefficient (Wildman–Crippen LogP) is 2.90. The number of hydrogen-bond donors (Lipinski definition) is 1. The maximum atomic E-state index is 5.68. The van der Waals surface area contributed by atoms with Crippen LogP contribution in [0, 0.1) is 5.92 Å². The van der Waals surface area contributed by atoms with Gasteiger partial charge in [-0.25, -0.2) is 0 Å². The lowest BCUT2D eigenvalue weighted by Gasteiger charge is -2.31. The molecule has 4 heteroatoms. The van der Waals surface area contributed by atoms with Crippen molar-refractivity contribution in [2.75, 3.05) is 19.6 Å². The topological polar surface area (TPSA) is 55.3 Å². The van der Waals surface area contributed by atoms with Gasteiger partial charge in [-0.1, -0.05) is 35.5 Å². The summed E-state index contributed by atoms with van der Waals surface area (Å²) in [4.78, 5) is 2.47. The number of piperidine rings is 1. The van der Waals surface area contributed by atoms with Gasteiger partial charge in [-0.2, -0.15) is 0 Å². The van der Waals surface area contributed by atoms with Gasteiger partial charge in [-0.3, -0.25) is 4.90 Å². The molecule has 4 nitrogen and oxygen atoms in total. The van der Waals surface area contributed by atoms with E-state index in [1.165, 1.54) is 12.8 Å². The quantitative estimate of drug-likeness (QED) is 0.917. The van der Waals surface area contributed by atoms with E-state index in [2.05, 4.69) is 16.1 Å². The number of rotatable bonds is 5. The van der Waals surface area contributed by atoms with Gasteiger partial charge in [0.25, 0.3) is 0 Å². The molecule has 1 aromatic heterocycles. The Hall–Kier alpha value is -1.65. The fraction of sp³-hybridized carbons (Fsp3) is 0.471. The van der Waals surface area contributed by atoms with Crippen molar-refractivity contribution in [1.29, 1.82) is 0 Å². The van der Waals surface area contributed by atoms with Crippen molar-refractivity contribution in [2.45, 2.75) is 25.8 Å². The van der Waals surface area contributed by atoms with Crippen LogP contribution in [0.2, 0.25) is 0 Å². The van der Waals surface area contributed by atoms with Crippen molar-refractivity contribution in [3.8, 4) is 11.3 Å². The molecular formula is C17H23N3O. The summed E-state index contributed by atoms with van der Waals surface area (Å²) in [5, 5.41) is 4.22.